The molecule has 1 aliphatic rings. The third-order valence-electron chi connectivity index (χ3n) is 1.30. The van der Waals surface area contributed by atoms with E-state index >= 15 is 0 Å². The summed E-state index contributed by atoms with van der Waals surface area (Å²) in [5.41, 5.74) is 6.18. The predicted molar refractivity (Wildman–Crippen MR) is 53.4 cm³/mol. The van der Waals surface area contributed by atoms with Crippen LogP contribution in [0.2, 0.25) is 0 Å². The summed E-state index contributed by atoms with van der Waals surface area (Å²) in [4.78, 5) is 8.00. The molecule has 0 amide bonds. The Morgan fingerprint density at radius 1 is 1.38 bits per heavy atom. The molecule has 2 rings (SSSR count). The van der Waals surface area contributed by atoms with Crippen molar-refractivity contribution in [2.45, 2.75) is 13.0 Å². The molecule has 0 aromatic heterocycles. The maximum Gasteiger partial charge on any atom is 0.106 e. The molecule has 1 aromatic rings. The highest BCUT2D eigenvalue weighted by Crippen LogP contribution is 2.04. The van der Waals surface area contributed by atoms with Gasteiger partial charge in [0.15, 0.2) is 0 Å². The van der Waals surface area contributed by atoms with E-state index in [2.05, 4.69) is 6.92 Å². The van der Waals surface area contributed by atoms with Gasteiger partial charge in [-0.1, -0.05) is 18.2 Å². The molecule has 0 saturated carbocycles. The van der Waals surface area contributed by atoms with Crippen molar-refractivity contribution in [3.8, 4) is 0 Å². The molecule has 13 heavy (non-hydrogen) atoms. The Morgan fingerprint density at radius 3 is 1.92 bits per heavy atom. The largest absolute Gasteiger partial charge is 0.399 e. The number of anilines is 1. The molecule has 1 saturated heterocycles. The molecule has 0 spiro atoms. The van der Waals surface area contributed by atoms with Gasteiger partial charge in [0.2, 0.25) is 0 Å². The van der Waals surface area contributed by atoms with Gasteiger partial charge in [0.25, 0.3) is 0 Å². The number of carbonyl (C=O) groups excluding carboxylic acids is 1. The molecule has 0 radical (unpaired) electrons. The number of hydrogen-bond acceptors (Lipinski definition) is 3. The number of nitrogen functional groups attached to an aromatic ring is 1. The second-order valence-corrected chi connectivity index (χ2v) is 2.55. The normalized spacial score (nSPS) is 17.2. The first-order valence-electron chi connectivity index (χ1n) is 4.00. The van der Waals surface area contributed by atoms with Gasteiger partial charge < -0.3 is 15.3 Å². The molecule has 1 fully saturated rings. The van der Waals surface area contributed by atoms with Gasteiger partial charge in [-0.15, -0.1) is 0 Å². The fourth-order valence-electron chi connectivity index (χ4n) is 0.549. The number of benzene rings is 1. The van der Waals surface area contributed by atoms with Crippen molar-refractivity contribution < 1.29 is 9.53 Å². The monoisotopic (exact) mass is 181 g/mol. The lowest BCUT2D eigenvalue weighted by molar-refractivity contribution is -0.0979. The van der Waals surface area contributed by atoms with Crippen LogP contribution in [0.3, 0.4) is 0 Å². The summed E-state index contributed by atoms with van der Waals surface area (Å²) >= 11 is 0. The van der Waals surface area contributed by atoms with Crippen molar-refractivity contribution in [2.24, 2.45) is 0 Å². The number of carbonyl (C=O) groups is 1. The zero-order valence-electron chi connectivity index (χ0n) is 7.77. The molecule has 1 aliphatic heterocycles. The first-order valence-corrected chi connectivity index (χ1v) is 4.00. The van der Waals surface area contributed by atoms with E-state index in [4.69, 9.17) is 15.3 Å². The van der Waals surface area contributed by atoms with Crippen molar-refractivity contribution in [2.75, 3.05) is 12.3 Å². The predicted octanol–water partition coefficient (Wildman–Crippen LogP) is 1.49. The van der Waals surface area contributed by atoms with E-state index < -0.39 is 0 Å². The summed E-state index contributed by atoms with van der Waals surface area (Å²) in [7, 11) is 0. The number of para-hydroxylation sites is 1. The van der Waals surface area contributed by atoms with Gasteiger partial charge in [-0.05, 0) is 19.1 Å². The third-order valence-corrected chi connectivity index (χ3v) is 1.30. The minimum atomic E-state index is 0.583. The third kappa shape index (κ3) is 8.56. The SMILES string of the molecule is C=O.CC1CO1.Nc1ccccc1. The Morgan fingerprint density at radius 2 is 1.77 bits per heavy atom. The average Bonchev–Trinajstić information content (AvgIpc) is 2.94. The molecule has 72 valence electrons. The summed E-state index contributed by atoms with van der Waals surface area (Å²) < 4.78 is 4.71. The summed E-state index contributed by atoms with van der Waals surface area (Å²) in [5.74, 6) is 0. The Labute approximate surface area is 78.5 Å². The molecule has 1 unspecified atom stereocenters. The lowest BCUT2D eigenvalue weighted by Crippen LogP contribution is -1.79. The van der Waals surface area contributed by atoms with E-state index in [9.17, 15) is 0 Å². The summed E-state index contributed by atoms with van der Waals surface area (Å²) in [6, 6.07) is 9.49. The Kier molecular flexibility index (Phi) is 6.55. The molecule has 3 nitrogen and oxygen atoms in total. The Bertz CT molecular complexity index is 209. The molecule has 0 aliphatic carbocycles. The summed E-state index contributed by atoms with van der Waals surface area (Å²) in [6.07, 6.45) is 0.583. The Balaban J connectivity index is 0.000000204. The number of rotatable bonds is 0. The van der Waals surface area contributed by atoms with Gasteiger partial charge >= 0.3 is 0 Å². The van der Waals surface area contributed by atoms with Crippen LogP contribution in [0.4, 0.5) is 5.69 Å². The van der Waals surface area contributed by atoms with E-state index in [1.807, 2.05) is 37.1 Å². The first kappa shape index (κ1) is 11.6. The van der Waals surface area contributed by atoms with E-state index in [1.165, 1.54) is 0 Å². The number of hydrogen-bond donors (Lipinski definition) is 1. The number of nitrogens with two attached hydrogens (primary N) is 1. The van der Waals surface area contributed by atoms with Crippen LogP contribution in [-0.4, -0.2) is 19.5 Å². The van der Waals surface area contributed by atoms with Crippen LogP contribution in [0, 0.1) is 0 Å². The van der Waals surface area contributed by atoms with Crippen molar-refractivity contribution in [1.82, 2.24) is 0 Å². The number of epoxide rings is 1. The highest BCUT2D eigenvalue weighted by Gasteiger charge is 2.13. The molecule has 1 atom stereocenters. The lowest BCUT2D eigenvalue weighted by Gasteiger charge is -1.83. The fourth-order valence-corrected chi connectivity index (χ4v) is 0.549. The minimum absolute atomic E-state index is 0.583. The van der Waals surface area contributed by atoms with Gasteiger partial charge in [0.05, 0.1) is 12.7 Å². The average molecular weight is 181 g/mol. The molecule has 0 bridgehead atoms. The van der Waals surface area contributed by atoms with Crippen molar-refractivity contribution in [3.63, 3.8) is 0 Å². The number of ether oxygens (including phenoxy) is 1. The molecule has 1 heterocycles. The van der Waals surface area contributed by atoms with Gasteiger partial charge in [0.1, 0.15) is 6.79 Å². The van der Waals surface area contributed by atoms with Crippen LogP contribution in [0.5, 0.6) is 0 Å². The first-order chi connectivity index (χ1) is 6.29. The van der Waals surface area contributed by atoms with E-state index in [1.54, 1.807) is 0 Å². The van der Waals surface area contributed by atoms with Crippen molar-refractivity contribution >= 4 is 12.5 Å². The molecular weight excluding hydrogens is 166 g/mol. The molecule has 3 heteroatoms. The molecule has 2 N–H and O–H groups in total. The van der Waals surface area contributed by atoms with Crippen molar-refractivity contribution in [1.29, 1.82) is 0 Å². The van der Waals surface area contributed by atoms with E-state index in [0.717, 1.165) is 12.3 Å². The van der Waals surface area contributed by atoms with Gasteiger partial charge in [-0.2, -0.15) is 0 Å². The topological polar surface area (TPSA) is 55.6 Å². The van der Waals surface area contributed by atoms with Crippen LogP contribution < -0.4 is 5.73 Å². The van der Waals surface area contributed by atoms with E-state index in [0.29, 0.717) is 6.10 Å². The zero-order chi connectivity index (χ0) is 10.1. The van der Waals surface area contributed by atoms with Crippen LogP contribution in [0.1, 0.15) is 6.92 Å². The van der Waals surface area contributed by atoms with Gasteiger partial charge in [-0.25, -0.2) is 0 Å². The smallest absolute Gasteiger partial charge is 0.106 e. The van der Waals surface area contributed by atoms with Crippen LogP contribution in [-0.2, 0) is 9.53 Å². The standard InChI is InChI=1S/C6H7N.C3H6O.CH2O/c7-6-4-2-1-3-5-6;1-3-2-4-3;1-2/h1-5H,7H2;3H,2H2,1H3;1H2. The maximum absolute atomic E-state index is 8.00. The summed E-state index contributed by atoms with van der Waals surface area (Å²) in [5, 5.41) is 0. The molecular formula is C10H15NO2. The van der Waals surface area contributed by atoms with Crippen molar-refractivity contribution in [3.05, 3.63) is 30.3 Å². The maximum atomic E-state index is 8.00. The van der Waals surface area contributed by atoms with Gasteiger partial charge in [0, 0.05) is 5.69 Å². The highest BCUT2D eigenvalue weighted by atomic mass is 16.6. The summed E-state index contributed by atoms with van der Waals surface area (Å²) in [6.45, 7) is 5.04. The lowest BCUT2D eigenvalue weighted by atomic mass is 10.3. The van der Waals surface area contributed by atoms with E-state index in [-0.39, 0.29) is 0 Å². The highest BCUT2D eigenvalue weighted by molar-refractivity contribution is 5.35. The second kappa shape index (κ2) is 7.31. The van der Waals surface area contributed by atoms with Gasteiger partial charge in [-0.3, -0.25) is 0 Å². The van der Waals surface area contributed by atoms with Crippen LogP contribution in [0.15, 0.2) is 30.3 Å². The second-order valence-electron chi connectivity index (χ2n) is 2.55. The minimum Gasteiger partial charge on any atom is -0.399 e. The van der Waals surface area contributed by atoms with Crippen LogP contribution in [0.25, 0.3) is 0 Å². The molecule has 1 aromatic carbocycles. The Hall–Kier alpha value is -1.35. The fraction of sp³-hybridized carbons (Fsp3) is 0.300. The quantitative estimate of drug-likeness (QED) is 0.487. The van der Waals surface area contributed by atoms with Crippen LogP contribution >= 0.6 is 0 Å². The zero-order valence-corrected chi connectivity index (χ0v) is 7.77.